The Morgan fingerprint density at radius 3 is 2.82 bits per heavy atom. The SMILES string of the molecule is C=C1C=C(C(=O)O)C=CC1C. The summed E-state index contributed by atoms with van der Waals surface area (Å²) in [6, 6.07) is 0. The predicted octanol–water partition coefficient (Wildman–Crippen LogP) is 1.76. The van der Waals surface area contributed by atoms with Gasteiger partial charge in [-0.1, -0.05) is 25.7 Å². The van der Waals surface area contributed by atoms with Gasteiger partial charge in [0.1, 0.15) is 0 Å². The molecular weight excluding hydrogens is 140 g/mol. The quantitative estimate of drug-likeness (QED) is 0.618. The summed E-state index contributed by atoms with van der Waals surface area (Å²) in [4.78, 5) is 10.4. The van der Waals surface area contributed by atoms with Crippen LogP contribution in [0.3, 0.4) is 0 Å². The third kappa shape index (κ3) is 1.58. The lowest BCUT2D eigenvalue weighted by Gasteiger charge is -2.11. The van der Waals surface area contributed by atoms with Crippen molar-refractivity contribution in [3.8, 4) is 0 Å². The van der Waals surface area contributed by atoms with Crippen LogP contribution in [0.4, 0.5) is 0 Å². The van der Waals surface area contributed by atoms with Gasteiger partial charge in [0.2, 0.25) is 0 Å². The van der Waals surface area contributed by atoms with Crippen molar-refractivity contribution in [2.24, 2.45) is 5.92 Å². The second kappa shape index (κ2) is 2.74. The van der Waals surface area contributed by atoms with Crippen molar-refractivity contribution in [2.75, 3.05) is 0 Å². The first-order valence-electron chi connectivity index (χ1n) is 3.43. The van der Waals surface area contributed by atoms with Crippen molar-refractivity contribution >= 4 is 5.97 Å². The molecule has 0 amide bonds. The molecule has 11 heavy (non-hydrogen) atoms. The Bertz CT molecular complexity index is 259. The van der Waals surface area contributed by atoms with Crippen LogP contribution < -0.4 is 0 Å². The second-order valence-corrected chi connectivity index (χ2v) is 2.63. The van der Waals surface area contributed by atoms with Gasteiger partial charge in [-0.25, -0.2) is 4.79 Å². The smallest absolute Gasteiger partial charge is 0.335 e. The molecule has 0 saturated carbocycles. The van der Waals surface area contributed by atoms with Gasteiger partial charge >= 0.3 is 5.97 Å². The molecule has 1 rings (SSSR count). The van der Waals surface area contributed by atoms with E-state index in [-0.39, 0.29) is 5.92 Å². The number of aliphatic carboxylic acids is 1. The summed E-state index contributed by atoms with van der Waals surface area (Å²) in [7, 11) is 0. The van der Waals surface area contributed by atoms with Crippen molar-refractivity contribution < 1.29 is 9.90 Å². The van der Waals surface area contributed by atoms with E-state index in [2.05, 4.69) is 6.58 Å². The molecule has 0 aromatic rings. The summed E-state index contributed by atoms with van der Waals surface area (Å²) in [5.74, 6) is -0.632. The first-order valence-corrected chi connectivity index (χ1v) is 3.43. The lowest BCUT2D eigenvalue weighted by molar-refractivity contribution is -0.132. The van der Waals surface area contributed by atoms with Crippen LogP contribution >= 0.6 is 0 Å². The molecule has 58 valence electrons. The van der Waals surface area contributed by atoms with Crippen molar-refractivity contribution in [2.45, 2.75) is 6.92 Å². The van der Waals surface area contributed by atoms with Gasteiger partial charge in [-0.2, -0.15) is 0 Å². The molecule has 1 atom stereocenters. The molecule has 0 spiro atoms. The maximum Gasteiger partial charge on any atom is 0.335 e. The number of hydrogen-bond acceptors (Lipinski definition) is 1. The topological polar surface area (TPSA) is 37.3 Å². The Hall–Kier alpha value is -1.31. The van der Waals surface area contributed by atoms with Crippen molar-refractivity contribution in [1.29, 1.82) is 0 Å². The summed E-state index contributed by atoms with van der Waals surface area (Å²) >= 11 is 0. The van der Waals surface area contributed by atoms with E-state index in [1.807, 2.05) is 13.0 Å². The fourth-order valence-electron chi connectivity index (χ4n) is 0.884. The Labute approximate surface area is 65.5 Å². The average molecular weight is 150 g/mol. The van der Waals surface area contributed by atoms with E-state index in [0.717, 1.165) is 5.57 Å². The summed E-state index contributed by atoms with van der Waals surface area (Å²) in [6.07, 6.45) is 5.06. The first-order chi connectivity index (χ1) is 5.11. The van der Waals surface area contributed by atoms with Gasteiger partial charge in [0.25, 0.3) is 0 Å². The monoisotopic (exact) mass is 150 g/mol. The van der Waals surface area contributed by atoms with Crippen LogP contribution in [0.2, 0.25) is 0 Å². The lowest BCUT2D eigenvalue weighted by Crippen LogP contribution is -2.04. The third-order valence-electron chi connectivity index (χ3n) is 1.74. The number of rotatable bonds is 1. The minimum atomic E-state index is -0.894. The lowest BCUT2D eigenvalue weighted by atomic mass is 9.94. The van der Waals surface area contributed by atoms with Crippen molar-refractivity contribution in [3.63, 3.8) is 0 Å². The number of allylic oxidation sites excluding steroid dienone is 3. The molecule has 2 nitrogen and oxygen atoms in total. The van der Waals surface area contributed by atoms with E-state index in [4.69, 9.17) is 5.11 Å². The van der Waals surface area contributed by atoms with E-state index in [1.165, 1.54) is 0 Å². The third-order valence-corrected chi connectivity index (χ3v) is 1.74. The van der Waals surface area contributed by atoms with Gasteiger partial charge < -0.3 is 5.11 Å². The number of carboxylic acid groups (broad SMARTS) is 1. The molecule has 2 heteroatoms. The molecule has 0 bridgehead atoms. The molecule has 0 aliphatic heterocycles. The van der Waals surface area contributed by atoms with E-state index in [9.17, 15) is 4.79 Å². The highest BCUT2D eigenvalue weighted by Gasteiger charge is 2.11. The normalized spacial score (nSPS) is 23.2. The Morgan fingerprint density at radius 1 is 1.73 bits per heavy atom. The molecule has 0 aromatic heterocycles. The van der Waals surface area contributed by atoms with Gasteiger partial charge in [-0.15, -0.1) is 0 Å². The molecule has 0 radical (unpaired) electrons. The van der Waals surface area contributed by atoms with E-state index in [0.29, 0.717) is 5.57 Å². The zero-order valence-corrected chi connectivity index (χ0v) is 6.37. The number of carbonyl (C=O) groups is 1. The molecule has 1 aliphatic carbocycles. The summed E-state index contributed by atoms with van der Waals surface area (Å²) in [5.41, 5.74) is 1.16. The molecule has 1 aliphatic rings. The molecular formula is C9H10O2. The van der Waals surface area contributed by atoms with E-state index < -0.39 is 5.97 Å². The zero-order chi connectivity index (χ0) is 8.43. The maximum atomic E-state index is 10.4. The van der Waals surface area contributed by atoms with Crippen LogP contribution in [0.15, 0.2) is 36.0 Å². The average Bonchev–Trinajstić information content (AvgIpc) is 1.94. The Morgan fingerprint density at radius 2 is 2.36 bits per heavy atom. The van der Waals surface area contributed by atoms with Gasteiger partial charge in [0.15, 0.2) is 0 Å². The van der Waals surface area contributed by atoms with Gasteiger partial charge in [-0.05, 0) is 17.6 Å². The molecule has 1 unspecified atom stereocenters. The number of hydrogen-bond donors (Lipinski definition) is 1. The highest BCUT2D eigenvalue weighted by molar-refractivity contribution is 5.91. The van der Waals surface area contributed by atoms with Crippen LogP contribution in [0.25, 0.3) is 0 Å². The van der Waals surface area contributed by atoms with Crippen molar-refractivity contribution in [1.82, 2.24) is 0 Å². The van der Waals surface area contributed by atoms with Gasteiger partial charge in [-0.3, -0.25) is 0 Å². The summed E-state index contributed by atoms with van der Waals surface area (Å²) in [5, 5.41) is 8.58. The first kappa shape index (κ1) is 7.79. The van der Waals surface area contributed by atoms with Crippen molar-refractivity contribution in [3.05, 3.63) is 36.0 Å². The predicted molar refractivity (Wildman–Crippen MR) is 43.2 cm³/mol. The number of carboxylic acids is 1. The Balaban J connectivity index is 2.89. The van der Waals surface area contributed by atoms with Crippen LogP contribution in [0, 0.1) is 5.92 Å². The van der Waals surface area contributed by atoms with Gasteiger partial charge in [0.05, 0.1) is 5.57 Å². The maximum absolute atomic E-state index is 10.4. The van der Waals surface area contributed by atoms with Crippen LogP contribution in [0.5, 0.6) is 0 Å². The van der Waals surface area contributed by atoms with E-state index >= 15 is 0 Å². The Kier molecular flexibility index (Phi) is 1.94. The fourth-order valence-corrected chi connectivity index (χ4v) is 0.884. The van der Waals surface area contributed by atoms with Crippen LogP contribution in [-0.4, -0.2) is 11.1 Å². The van der Waals surface area contributed by atoms with E-state index in [1.54, 1.807) is 12.2 Å². The molecule has 0 heterocycles. The van der Waals surface area contributed by atoms with Gasteiger partial charge in [0, 0.05) is 0 Å². The largest absolute Gasteiger partial charge is 0.478 e. The minimum Gasteiger partial charge on any atom is -0.478 e. The molecule has 0 fully saturated rings. The molecule has 1 N–H and O–H groups in total. The van der Waals surface area contributed by atoms with Crippen LogP contribution in [-0.2, 0) is 4.79 Å². The fraction of sp³-hybridized carbons (Fsp3) is 0.222. The highest BCUT2D eigenvalue weighted by atomic mass is 16.4. The summed E-state index contributed by atoms with van der Waals surface area (Å²) < 4.78 is 0. The van der Waals surface area contributed by atoms with Crippen LogP contribution in [0.1, 0.15) is 6.92 Å². The standard InChI is InChI=1S/C9H10O2/c1-6-3-4-8(9(10)11)5-7(6)2/h3-6H,2H2,1H3,(H,10,11). The molecule has 0 saturated heterocycles. The minimum absolute atomic E-state index is 0.262. The highest BCUT2D eigenvalue weighted by Crippen LogP contribution is 2.19. The summed E-state index contributed by atoms with van der Waals surface area (Å²) in [6.45, 7) is 5.72. The molecule has 0 aromatic carbocycles. The zero-order valence-electron chi connectivity index (χ0n) is 6.37. The second-order valence-electron chi connectivity index (χ2n) is 2.63.